The van der Waals surface area contributed by atoms with Crippen molar-refractivity contribution in [3.8, 4) is 11.5 Å². The number of aliphatic hydroxyl groups excluding tert-OH is 1. The van der Waals surface area contributed by atoms with E-state index in [4.69, 9.17) is 25.8 Å². The van der Waals surface area contributed by atoms with Crippen LogP contribution in [0.3, 0.4) is 0 Å². The van der Waals surface area contributed by atoms with Crippen LogP contribution in [0.5, 0.6) is 11.5 Å². The highest BCUT2D eigenvalue weighted by Gasteiger charge is 2.18. The highest BCUT2D eigenvalue weighted by atomic mass is 35.5. The molecule has 1 aromatic carbocycles. The Hall–Kier alpha value is -0.970. The first kappa shape index (κ1) is 14.4. The maximum atomic E-state index is 9.37. The molecule has 0 bridgehead atoms. The van der Waals surface area contributed by atoms with Gasteiger partial charge in [0.1, 0.15) is 6.61 Å². The van der Waals surface area contributed by atoms with Crippen molar-refractivity contribution in [2.75, 3.05) is 20.3 Å². The van der Waals surface area contributed by atoms with Crippen molar-refractivity contribution in [2.45, 2.75) is 32.0 Å². The van der Waals surface area contributed by atoms with Crippen molar-refractivity contribution in [3.63, 3.8) is 0 Å². The molecule has 1 unspecified atom stereocenters. The van der Waals surface area contributed by atoms with Crippen LogP contribution in [-0.4, -0.2) is 31.5 Å². The van der Waals surface area contributed by atoms with Crippen molar-refractivity contribution in [1.29, 1.82) is 0 Å². The van der Waals surface area contributed by atoms with E-state index in [2.05, 4.69) is 0 Å². The van der Waals surface area contributed by atoms with E-state index >= 15 is 0 Å². The van der Waals surface area contributed by atoms with Crippen LogP contribution in [0.15, 0.2) is 12.1 Å². The average Bonchev–Trinajstić information content (AvgIpc) is 2.46. The van der Waals surface area contributed by atoms with Crippen molar-refractivity contribution in [3.05, 3.63) is 22.7 Å². The van der Waals surface area contributed by atoms with Gasteiger partial charge in [-0.05, 0) is 25.3 Å². The smallest absolute Gasteiger partial charge is 0.166 e. The predicted octanol–water partition coefficient (Wildman–Crippen LogP) is 2.79. The second kappa shape index (κ2) is 6.98. The third-order valence-corrected chi connectivity index (χ3v) is 3.39. The van der Waals surface area contributed by atoms with E-state index < -0.39 is 0 Å². The van der Waals surface area contributed by atoms with E-state index in [1.54, 1.807) is 19.2 Å². The van der Waals surface area contributed by atoms with Gasteiger partial charge in [0.25, 0.3) is 0 Å². The molecule has 0 amide bonds. The molecule has 1 aliphatic heterocycles. The van der Waals surface area contributed by atoms with Gasteiger partial charge in [-0.15, -0.1) is 0 Å². The summed E-state index contributed by atoms with van der Waals surface area (Å²) in [4.78, 5) is 0. The molecule has 0 radical (unpaired) electrons. The van der Waals surface area contributed by atoms with Crippen molar-refractivity contribution in [1.82, 2.24) is 0 Å². The fraction of sp³-hybridized carbons (Fsp3) is 0.571. The molecule has 1 heterocycles. The largest absolute Gasteiger partial charge is 0.493 e. The number of rotatable bonds is 5. The number of methoxy groups -OCH3 is 1. The molecule has 0 spiro atoms. The molecule has 0 saturated carbocycles. The van der Waals surface area contributed by atoms with Gasteiger partial charge in [0, 0.05) is 23.3 Å². The summed E-state index contributed by atoms with van der Waals surface area (Å²) in [5.74, 6) is 1.08. The lowest BCUT2D eigenvalue weighted by Crippen LogP contribution is -2.26. The number of halogens is 1. The summed E-state index contributed by atoms with van der Waals surface area (Å²) >= 11 is 5.96. The van der Waals surface area contributed by atoms with Gasteiger partial charge < -0.3 is 19.3 Å². The van der Waals surface area contributed by atoms with Gasteiger partial charge in [-0.25, -0.2) is 0 Å². The van der Waals surface area contributed by atoms with Crippen LogP contribution < -0.4 is 9.47 Å². The summed E-state index contributed by atoms with van der Waals surface area (Å²) in [6.45, 7) is 1.11. The van der Waals surface area contributed by atoms with Gasteiger partial charge in [0.15, 0.2) is 11.5 Å². The SMILES string of the molecule is COc1cc(Cl)cc(CO)c1OCC1CCCCO1. The van der Waals surface area contributed by atoms with E-state index in [1.165, 1.54) is 6.42 Å². The zero-order valence-corrected chi connectivity index (χ0v) is 11.8. The Morgan fingerprint density at radius 1 is 1.42 bits per heavy atom. The molecule has 1 atom stereocenters. The molecule has 1 saturated heterocycles. The van der Waals surface area contributed by atoms with Crippen LogP contribution in [0.2, 0.25) is 5.02 Å². The first-order valence-corrected chi connectivity index (χ1v) is 6.84. The first-order chi connectivity index (χ1) is 9.24. The number of ether oxygens (including phenoxy) is 3. The van der Waals surface area contributed by atoms with Crippen LogP contribution in [0.1, 0.15) is 24.8 Å². The lowest BCUT2D eigenvalue weighted by Gasteiger charge is -2.23. The van der Waals surface area contributed by atoms with Gasteiger partial charge >= 0.3 is 0 Å². The zero-order valence-electron chi connectivity index (χ0n) is 11.0. The normalized spacial score (nSPS) is 19.2. The minimum Gasteiger partial charge on any atom is -0.493 e. The third-order valence-electron chi connectivity index (χ3n) is 3.17. The van der Waals surface area contributed by atoms with Gasteiger partial charge in [0.05, 0.1) is 19.8 Å². The number of benzene rings is 1. The van der Waals surface area contributed by atoms with E-state index in [0.29, 0.717) is 28.7 Å². The topological polar surface area (TPSA) is 47.9 Å². The average molecular weight is 287 g/mol. The Kier molecular flexibility index (Phi) is 5.31. The van der Waals surface area contributed by atoms with Crippen LogP contribution in [0.4, 0.5) is 0 Å². The van der Waals surface area contributed by atoms with Crippen molar-refractivity contribution < 1.29 is 19.3 Å². The number of hydrogen-bond acceptors (Lipinski definition) is 4. The lowest BCUT2D eigenvalue weighted by molar-refractivity contribution is -0.0118. The quantitative estimate of drug-likeness (QED) is 0.904. The van der Waals surface area contributed by atoms with E-state index in [9.17, 15) is 5.11 Å². The predicted molar refractivity (Wildman–Crippen MR) is 73.0 cm³/mol. The fourth-order valence-electron chi connectivity index (χ4n) is 2.17. The molecule has 106 valence electrons. The Morgan fingerprint density at radius 3 is 2.89 bits per heavy atom. The molecule has 2 rings (SSSR count). The lowest BCUT2D eigenvalue weighted by atomic mass is 10.1. The van der Waals surface area contributed by atoms with Crippen LogP contribution >= 0.6 is 11.6 Å². The molecular formula is C14H19ClO4. The van der Waals surface area contributed by atoms with Gasteiger partial charge in [0.2, 0.25) is 0 Å². The summed E-state index contributed by atoms with van der Waals surface area (Å²) in [5.41, 5.74) is 0.625. The summed E-state index contributed by atoms with van der Waals surface area (Å²) < 4.78 is 16.6. The standard InChI is InChI=1S/C14H19ClO4/c1-17-13-7-11(15)6-10(8-16)14(13)19-9-12-4-2-3-5-18-12/h6-7,12,16H,2-5,8-9H2,1H3. The number of hydrogen-bond donors (Lipinski definition) is 1. The van der Waals surface area contributed by atoms with Crippen LogP contribution in [0.25, 0.3) is 0 Å². The maximum absolute atomic E-state index is 9.37. The second-order valence-corrected chi connectivity index (χ2v) is 4.99. The molecule has 1 aromatic rings. The Morgan fingerprint density at radius 2 is 2.26 bits per heavy atom. The molecule has 4 nitrogen and oxygen atoms in total. The molecule has 1 aliphatic rings. The summed E-state index contributed by atoms with van der Waals surface area (Å²) in [7, 11) is 1.55. The summed E-state index contributed by atoms with van der Waals surface area (Å²) in [5, 5.41) is 9.89. The van der Waals surface area contributed by atoms with Crippen LogP contribution in [-0.2, 0) is 11.3 Å². The Bertz CT molecular complexity index is 391. The molecule has 1 fully saturated rings. The highest BCUT2D eigenvalue weighted by Crippen LogP contribution is 2.35. The molecule has 0 aliphatic carbocycles. The van der Waals surface area contributed by atoms with Crippen molar-refractivity contribution >= 4 is 11.6 Å². The summed E-state index contributed by atoms with van der Waals surface area (Å²) in [6, 6.07) is 3.36. The summed E-state index contributed by atoms with van der Waals surface area (Å²) in [6.07, 6.45) is 3.40. The third kappa shape index (κ3) is 3.75. The Labute approximate surface area is 118 Å². The Balaban J connectivity index is 2.09. The van der Waals surface area contributed by atoms with E-state index in [1.807, 2.05) is 0 Å². The maximum Gasteiger partial charge on any atom is 0.166 e. The van der Waals surface area contributed by atoms with Gasteiger partial charge in [-0.2, -0.15) is 0 Å². The first-order valence-electron chi connectivity index (χ1n) is 6.46. The van der Waals surface area contributed by atoms with E-state index in [-0.39, 0.29) is 12.7 Å². The molecule has 0 aromatic heterocycles. The minimum absolute atomic E-state index is 0.112. The second-order valence-electron chi connectivity index (χ2n) is 4.55. The number of aliphatic hydroxyl groups is 1. The molecule has 5 heteroatoms. The molecule has 1 N–H and O–H groups in total. The van der Waals surface area contributed by atoms with Crippen LogP contribution in [0, 0.1) is 0 Å². The monoisotopic (exact) mass is 286 g/mol. The highest BCUT2D eigenvalue weighted by molar-refractivity contribution is 6.30. The van der Waals surface area contributed by atoms with Gasteiger partial charge in [-0.1, -0.05) is 11.6 Å². The fourth-order valence-corrected chi connectivity index (χ4v) is 2.40. The van der Waals surface area contributed by atoms with Crippen molar-refractivity contribution in [2.24, 2.45) is 0 Å². The molecular weight excluding hydrogens is 268 g/mol. The zero-order chi connectivity index (χ0) is 13.7. The van der Waals surface area contributed by atoms with Gasteiger partial charge in [-0.3, -0.25) is 0 Å². The minimum atomic E-state index is -0.141. The molecule has 19 heavy (non-hydrogen) atoms. The van der Waals surface area contributed by atoms with E-state index in [0.717, 1.165) is 19.4 Å².